The second-order valence-corrected chi connectivity index (χ2v) is 6.53. The maximum Gasteiger partial charge on any atom is 0.224 e. The molecule has 128 valence electrons. The van der Waals surface area contributed by atoms with Crippen molar-refractivity contribution >= 4 is 11.6 Å². The molecule has 24 heavy (non-hydrogen) atoms. The zero-order chi connectivity index (χ0) is 17.5. The number of nitrogens with one attached hydrogen (secondary N) is 1. The maximum atomic E-state index is 12.6. The molecule has 2 rings (SSSR count). The van der Waals surface area contributed by atoms with E-state index in [1.54, 1.807) is 0 Å². The van der Waals surface area contributed by atoms with Gasteiger partial charge in [0.2, 0.25) is 5.91 Å². The maximum absolute atomic E-state index is 12.6. The van der Waals surface area contributed by atoms with Crippen LogP contribution in [0.4, 0.5) is 5.69 Å². The van der Waals surface area contributed by atoms with E-state index in [1.165, 1.54) is 16.7 Å². The first kappa shape index (κ1) is 18.1. The van der Waals surface area contributed by atoms with Gasteiger partial charge in [-0.1, -0.05) is 42.5 Å². The van der Waals surface area contributed by atoms with Crippen molar-refractivity contribution in [1.29, 1.82) is 0 Å². The standard InChI is InChI=1S/C21H28N2O/c1-16(2)23(15-19-10-6-5-7-11-19)21(24)13-14-22-20-12-8-9-17(3)18(20)4/h5-12,16,22H,13-15H2,1-4H3. The first-order valence-electron chi connectivity index (χ1n) is 8.62. The Labute approximate surface area is 145 Å². The highest BCUT2D eigenvalue weighted by molar-refractivity contribution is 5.77. The fourth-order valence-electron chi connectivity index (χ4n) is 2.73. The van der Waals surface area contributed by atoms with Crippen LogP contribution in [0.25, 0.3) is 0 Å². The van der Waals surface area contributed by atoms with E-state index in [1.807, 2.05) is 29.2 Å². The Balaban J connectivity index is 1.92. The molecular weight excluding hydrogens is 296 g/mol. The number of hydrogen-bond acceptors (Lipinski definition) is 2. The summed E-state index contributed by atoms with van der Waals surface area (Å²) in [5.41, 5.74) is 4.79. The molecule has 0 aromatic heterocycles. The molecule has 0 atom stereocenters. The summed E-state index contributed by atoms with van der Waals surface area (Å²) in [6.45, 7) is 9.67. The van der Waals surface area contributed by atoms with Crippen molar-refractivity contribution in [3.8, 4) is 0 Å². The van der Waals surface area contributed by atoms with Crippen LogP contribution in [0, 0.1) is 13.8 Å². The molecule has 0 aliphatic carbocycles. The number of rotatable bonds is 7. The van der Waals surface area contributed by atoms with Crippen molar-refractivity contribution in [1.82, 2.24) is 4.90 Å². The summed E-state index contributed by atoms with van der Waals surface area (Å²) in [6, 6.07) is 16.6. The van der Waals surface area contributed by atoms with Crippen molar-refractivity contribution in [3.05, 3.63) is 65.2 Å². The van der Waals surface area contributed by atoms with Gasteiger partial charge in [0.25, 0.3) is 0 Å². The second kappa shape index (κ2) is 8.53. The van der Waals surface area contributed by atoms with Gasteiger partial charge in [-0.15, -0.1) is 0 Å². The molecule has 0 saturated carbocycles. The molecule has 0 aliphatic heterocycles. The third kappa shape index (κ3) is 4.85. The highest BCUT2D eigenvalue weighted by atomic mass is 16.2. The van der Waals surface area contributed by atoms with Crippen LogP contribution >= 0.6 is 0 Å². The van der Waals surface area contributed by atoms with Gasteiger partial charge in [0, 0.05) is 31.2 Å². The summed E-state index contributed by atoms with van der Waals surface area (Å²) < 4.78 is 0. The summed E-state index contributed by atoms with van der Waals surface area (Å²) in [5, 5.41) is 3.39. The molecule has 0 fully saturated rings. The first-order chi connectivity index (χ1) is 11.5. The van der Waals surface area contributed by atoms with E-state index in [9.17, 15) is 4.79 Å². The van der Waals surface area contributed by atoms with Crippen LogP contribution in [0.15, 0.2) is 48.5 Å². The molecule has 0 unspecified atom stereocenters. The van der Waals surface area contributed by atoms with Crippen LogP contribution in [0.3, 0.4) is 0 Å². The zero-order valence-electron chi connectivity index (χ0n) is 15.2. The van der Waals surface area contributed by atoms with E-state index in [2.05, 4.69) is 57.3 Å². The van der Waals surface area contributed by atoms with Crippen LogP contribution < -0.4 is 5.32 Å². The van der Waals surface area contributed by atoms with E-state index in [-0.39, 0.29) is 11.9 Å². The molecule has 0 bridgehead atoms. The lowest BCUT2D eigenvalue weighted by Gasteiger charge is -2.27. The molecule has 1 N–H and O–H groups in total. The number of hydrogen-bond donors (Lipinski definition) is 1. The third-order valence-electron chi connectivity index (χ3n) is 4.40. The molecule has 0 radical (unpaired) electrons. The lowest BCUT2D eigenvalue weighted by atomic mass is 10.1. The Bertz CT molecular complexity index is 665. The minimum Gasteiger partial charge on any atom is -0.384 e. The third-order valence-corrected chi connectivity index (χ3v) is 4.40. The monoisotopic (exact) mass is 324 g/mol. The summed E-state index contributed by atoms with van der Waals surface area (Å²) in [6.07, 6.45) is 0.498. The van der Waals surface area contributed by atoms with E-state index in [4.69, 9.17) is 0 Å². The highest BCUT2D eigenvalue weighted by Gasteiger charge is 2.16. The number of aryl methyl sites for hydroxylation is 1. The van der Waals surface area contributed by atoms with Gasteiger partial charge in [-0.2, -0.15) is 0 Å². The Kier molecular flexibility index (Phi) is 6.42. The zero-order valence-corrected chi connectivity index (χ0v) is 15.2. The molecule has 3 nitrogen and oxygen atoms in total. The predicted octanol–water partition coefficient (Wildman–Crippen LogP) is 4.54. The molecule has 0 aliphatic rings. The van der Waals surface area contributed by atoms with Gasteiger partial charge in [0.15, 0.2) is 0 Å². The second-order valence-electron chi connectivity index (χ2n) is 6.53. The molecule has 1 amide bonds. The molecule has 0 saturated heterocycles. The Morgan fingerprint density at radius 3 is 2.42 bits per heavy atom. The topological polar surface area (TPSA) is 32.3 Å². The molecule has 0 spiro atoms. The van der Waals surface area contributed by atoms with Crippen molar-refractivity contribution < 1.29 is 4.79 Å². The highest BCUT2D eigenvalue weighted by Crippen LogP contribution is 2.18. The van der Waals surface area contributed by atoms with Crippen molar-refractivity contribution in [2.24, 2.45) is 0 Å². The van der Waals surface area contributed by atoms with E-state index >= 15 is 0 Å². The van der Waals surface area contributed by atoms with E-state index in [0.29, 0.717) is 19.5 Å². The number of anilines is 1. The van der Waals surface area contributed by atoms with Crippen LogP contribution in [0.1, 0.15) is 37.0 Å². The predicted molar refractivity (Wildman–Crippen MR) is 101 cm³/mol. The van der Waals surface area contributed by atoms with Crippen molar-refractivity contribution in [2.45, 2.75) is 46.7 Å². The number of nitrogens with zero attached hydrogens (tertiary/aromatic N) is 1. The van der Waals surface area contributed by atoms with Gasteiger partial charge >= 0.3 is 0 Å². The number of benzene rings is 2. The van der Waals surface area contributed by atoms with E-state index < -0.39 is 0 Å². The number of amides is 1. The van der Waals surface area contributed by atoms with E-state index in [0.717, 1.165) is 5.69 Å². The van der Waals surface area contributed by atoms with Gasteiger partial charge in [-0.25, -0.2) is 0 Å². The van der Waals surface area contributed by atoms with Gasteiger partial charge in [0.05, 0.1) is 0 Å². The van der Waals surface area contributed by atoms with Crippen LogP contribution in [-0.2, 0) is 11.3 Å². The number of carbonyl (C=O) groups excluding carboxylic acids is 1. The minimum atomic E-state index is 0.187. The molecule has 2 aromatic carbocycles. The van der Waals surface area contributed by atoms with Crippen molar-refractivity contribution in [3.63, 3.8) is 0 Å². The molecular formula is C21H28N2O. The Morgan fingerprint density at radius 2 is 1.75 bits per heavy atom. The fraction of sp³-hybridized carbons (Fsp3) is 0.381. The Hall–Kier alpha value is -2.29. The average Bonchev–Trinajstić information content (AvgIpc) is 2.57. The molecule has 3 heteroatoms. The number of carbonyl (C=O) groups is 1. The summed E-state index contributed by atoms with van der Waals surface area (Å²) in [4.78, 5) is 14.6. The SMILES string of the molecule is Cc1cccc(NCCC(=O)N(Cc2ccccc2)C(C)C)c1C. The lowest BCUT2D eigenvalue weighted by Crippen LogP contribution is -2.37. The van der Waals surface area contributed by atoms with Gasteiger partial charge in [-0.3, -0.25) is 4.79 Å². The summed E-state index contributed by atoms with van der Waals surface area (Å²) in [7, 11) is 0. The first-order valence-corrected chi connectivity index (χ1v) is 8.62. The smallest absolute Gasteiger partial charge is 0.224 e. The largest absolute Gasteiger partial charge is 0.384 e. The summed E-state index contributed by atoms with van der Waals surface area (Å²) >= 11 is 0. The van der Waals surface area contributed by atoms with Gasteiger partial charge in [0.1, 0.15) is 0 Å². The molecule has 2 aromatic rings. The normalized spacial score (nSPS) is 10.7. The van der Waals surface area contributed by atoms with Gasteiger partial charge < -0.3 is 10.2 Å². The average molecular weight is 324 g/mol. The summed E-state index contributed by atoms with van der Waals surface area (Å²) in [5.74, 6) is 0.187. The minimum absolute atomic E-state index is 0.187. The van der Waals surface area contributed by atoms with Crippen molar-refractivity contribution in [2.75, 3.05) is 11.9 Å². The lowest BCUT2D eigenvalue weighted by molar-refractivity contribution is -0.133. The quantitative estimate of drug-likeness (QED) is 0.811. The van der Waals surface area contributed by atoms with Crippen LogP contribution in [0.2, 0.25) is 0 Å². The molecule has 0 heterocycles. The van der Waals surface area contributed by atoms with Gasteiger partial charge in [-0.05, 0) is 50.5 Å². The Morgan fingerprint density at radius 1 is 1.04 bits per heavy atom. The van der Waals surface area contributed by atoms with Crippen LogP contribution in [0.5, 0.6) is 0 Å². The van der Waals surface area contributed by atoms with Crippen LogP contribution in [-0.4, -0.2) is 23.4 Å². The fourth-order valence-corrected chi connectivity index (χ4v) is 2.73.